The van der Waals surface area contributed by atoms with E-state index in [1.54, 1.807) is 6.92 Å². The number of carbonyl (C=O) groups is 1. The van der Waals surface area contributed by atoms with E-state index >= 15 is 0 Å². The molecular formula is C21H22N2O. The highest BCUT2D eigenvalue weighted by Gasteiger charge is 2.23. The molecule has 122 valence electrons. The Morgan fingerprint density at radius 1 is 1.00 bits per heavy atom. The first kappa shape index (κ1) is 15.1. The molecule has 1 aliphatic heterocycles. The summed E-state index contributed by atoms with van der Waals surface area (Å²) < 4.78 is 0. The molecule has 4 rings (SSSR count). The number of hydrogen-bond acceptors (Lipinski definition) is 2. The first-order valence-corrected chi connectivity index (χ1v) is 8.70. The Labute approximate surface area is 143 Å². The minimum Gasteiger partial charge on any atom is -0.342 e. The molecule has 0 bridgehead atoms. The van der Waals surface area contributed by atoms with Crippen molar-refractivity contribution < 1.29 is 4.79 Å². The van der Waals surface area contributed by atoms with Gasteiger partial charge in [0.1, 0.15) is 0 Å². The smallest absolute Gasteiger partial charge is 0.219 e. The molecule has 1 aromatic heterocycles. The lowest BCUT2D eigenvalue weighted by molar-refractivity contribution is -0.129. The van der Waals surface area contributed by atoms with Crippen LogP contribution in [0.25, 0.3) is 5.57 Å². The number of amides is 1. The van der Waals surface area contributed by atoms with E-state index in [4.69, 9.17) is 0 Å². The van der Waals surface area contributed by atoms with Gasteiger partial charge >= 0.3 is 0 Å². The second-order valence-corrected chi connectivity index (χ2v) is 6.71. The monoisotopic (exact) mass is 318 g/mol. The third-order valence-corrected chi connectivity index (χ3v) is 5.30. The minimum atomic E-state index is 0.187. The zero-order valence-electron chi connectivity index (χ0n) is 14.1. The number of fused-ring (bicyclic) bond motifs is 2. The molecule has 2 heterocycles. The van der Waals surface area contributed by atoms with Gasteiger partial charge in [-0.3, -0.25) is 9.78 Å². The predicted octanol–water partition coefficient (Wildman–Crippen LogP) is 3.62. The van der Waals surface area contributed by atoms with Crippen LogP contribution in [0.1, 0.15) is 42.1 Å². The van der Waals surface area contributed by atoms with Crippen molar-refractivity contribution in [2.75, 3.05) is 13.1 Å². The fourth-order valence-electron chi connectivity index (χ4n) is 3.93. The van der Waals surface area contributed by atoms with Crippen molar-refractivity contribution in [1.82, 2.24) is 9.88 Å². The van der Waals surface area contributed by atoms with Gasteiger partial charge in [0.05, 0.1) is 5.69 Å². The number of likely N-dealkylation sites (tertiary alicyclic amines) is 1. The van der Waals surface area contributed by atoms with E-state index < -0.39 is 0 Å². The Balaban J connectivity index is 1.77. The number of allylic oxidation sites excluding steroid dienone is 1. The van der Waals surface area contributed by atoms with Crippen molar-refractivity contribution in [3.63, 3.8) is 0 Å². The second kappa shape index (κ2) is 6.23. The normalized spacial score (nSPS) is 17.1. The van der Waals surface area contributed by atoms with Gasteiger partial charge in [0.2, 0.25) is 5.91 Å². The third-order valence-electron chi connectivity index (χ3n) is 5.30. The van der Waals surface area contributed by atoms with Crippen molar-refractivity contribution in [2.45, 2.75) is 32.6 Å². The summed E-state index contributed by atoms with van der Waals surface area (Å²) in [6.45, 7) is 3.34. The van der Waals surface area contributed by atoms with E-state index in [0.717, 1.165) is 38.8 Å². The summed E-state index contributed by atoms with van der Waals surface area (Å²) in [5, 5.41) is 0. The van der Waals surface area contributed by atoms with Gasteiger partial charge < -0.3 is 4.90 Å². The van der Waals surface area contributed by atoms with Crippen LogP contribution < -0.4 is 0 Å². The lowest BCUT2D eigenvalue weighted by atomic mass is 9.89. The standard InChI is InChI=1S/C21H22N2O/c1-15(24)23-11-8-16(9-12-23)20-13-17-5-2-3-6-18(17)14-21-19(20)7-4-10-22-21/h2-7,10H,8-9,11-14H2,1H3. The van der Waals surface area contributed by atoms with Crippen LogP contribution in [-0.4, -0.2) is 28.9 Å². The summed E-state index contributed by atoms with van der Waals surface area (Å²) in [7, 11) is 0. The van der Waals surface area contributed by atoms with Gasteiger partial charge in [-0.05, 0) is 47.6 Å². The topological polar surface area (TPSA) is 33.2 Å². The van der Waals surface area contributed by atoms with E-state index in [1.165, 1.54) is 33.5 Å². The van der Waals surface area contributed by atoms with Crippen molar-refractivity contribution in [3.8, 4) is 0 Å². The number of aromatic nitrogens is 1. The summed E-state index contributed by atoms with van der Waals surface area (Å²) in [4.78, 5) is 18.2. The molecule has 0 N–H and O–H groups in total. The summed E-state index contributed by atoms with van der Waals surface area (Å²) in [5.74, 6) is 0.187. The molecule has 24 heavy (non-hydrogen) atoms. The molecule has 1 amide bonds. The number of piperidine rings is 1. The van der Waals surface area contributed by atoms with Crippen molar-refractivity contribution in [1.29, 1.82) is 0 Å². The summed E-state index contributed by atoms with van der Waals surface area (Å²) in [6, 6.07) is 13.0. The summed E-state index contributed by atoms with van der Waals surface area (Å²) >= 11 is 0. The maximum Gasteiger partial charge on any atom is 0.219 e. The number of hydrogen-bond donors (Lipinski definition) is 0. The largest absolute Gasteiger partial charge is 0.342 e. The van der Waals surface area contributed by atoms with Crippen LogP contribution in [0.2, 0.25) is 0 Å². The number of nitrogens with zero attached hydrogens (tertiary/aromatic N) is 2. The first-order valence-electron chi connectivity index (χ1n) is 8.70. The molecule has 2 aliphatic rings. The number of rotatable bonds is 0. The van der Waals surface area contributed by atoms with Gasteiger partial charge in [-0.1, -0.05) is 35.9 Å². The minimum absolute atomic E-state index is 0.187. The van der Waals surface area contributed by atoms with Crippen LogP contribution >= 0.6 is 0 Å². The van der Waals surface area contributed by atoms with E-state index in [-0.39, 0.29) is 5.91 Å². The molecule has 1 fully saturated rings. The lowest BCUT2D eigenvalue weighted by Gasteiger charge is -2.29. The van der Waals surface area contributed by atoms with Crippen molar-refractivity contribution in [2.24, 2.45) is 0 Å². The molecule has 0 saturated carbocycles. The number of benzene rings is 1. The lowest BCUT2D eigenvalue weighted by Crippen LogP contribution is -2.34. The first-order chi connectivity index (χ1) is 11.7. The Kier molecular flexibility index (Phi) is 3.93. The van der Waals surface area contributed by atoms with Crippen LogP contribution in [0.3, 0.4) is 0 Å². The van der Waals surface area contributed by atoms with Gasteiger partial charge in [-0.15, -0.1) is 0 Å². The van der Waals surface area contributed by atoms with Crippen LogP contribution in [0.15, 0.2) is 48.2 Å². The second-order valence-electron chi connectivity index (χ2n) is 6.71. The molecular weight excluding hydrogens is 296 g/mol. The average Bonchev–Trinajstić information content (AvgIpc) is 2.78. The Morgan fingerprint density at radius 2 is 1.71 bits per heavy atom. The highest BCUT2D eigenvalue weighted by atomic mass is 16.2. The van der Waals surface area contributed by atoms with E-state index in [9.17, 15) is 4.79 Å². The molecule has 3 nitrogen and oxygen atoms in total. The molecule has 0 atom stereocenters. The highest BCUT2D eigenvalue weighted by Crippen LogP contribution is 2.35. The molecule has 1 saturated heterocycles. The summed E-state index contributed by atoms with van der Waals surface area (Å²) in [5.41, 5.74) is 8.21. The van der Waals surface area contributed by atoms with Gasteiger partial charge in [0.25, 0.3) is 0 Å². The molecule has 1 aromatic carbocycles. The van der Waals surface area contributed by atoms with E-state index in [2.05, 4.69) is 35.3 Å². The maximum absolute atomic E-state index is 11.6. The fraction of sp³-hybridized carbons (Fsp3) is 0.333. The zero-order valence-corrected chi connectivity index (χ0v) is 14.1. The quantitative estimate of drug-likeness (QED) is 0.743. The Hall–Kier alpha value is -2.42. The fourth-order valence-corrected chi connectivity index (χ4v) is 3.93. The molecule has 0 unspecified atom stereocenters. The van der Waals surface area contributed by atoms with Crippen LogP contribution in [0.4, 0.5) is 0 Å². The molecule has 0 radical (unpaired) electrons. The molecule has 1 aliphatic carbocycles. The van der Waals surface area contributed by atoms with Crippen molar-refractivity contribution in [3.05, 3.63) is 70.6 Å². The third kappa shape index (κ3) is 2.75. The van der Waals surface area contributed by atoms with E-state index in [1.807, 2.05) is 17.2 Å². The molecule has 3 heteroatoms. The molecule has 0 spiro atoms. The van der Waals surface area contributed by atoms with Gasteiger partial charge in [0, 0.05) is 32.6 Å². The maximum atomic E-state index is 11.6. The Bertz CT molecular complexity index is 812. The SMILES string of the molecule is CC(=O)N1CCC(=C2Cc3ccccc3Cc3ncccc32)CC1. The van der Waals surface area contributed by atoms with Gasteiger partial charge in [-0.25, -0.2) is 0 Å². The number of carbonyl (C=O) groups excluding carboxylic acids is 1. The van der Waals surface area contributed by atoms with Crippen LogP contribution in [0.5, 0.6) is 0 Å². The van der Waals surface area contributed by atoms with Gasteiger partial charge in [-0.2, -0.15) is 0 Å². The van der Waals surface area contributed by atoms with Crippen LogP contribution in [-0.2, 0) is 17.6 Å². The highest BCUT2D eigenvalue weighted by molar-refractivity contribution is 5.76. The molecule has 2 aromatic rings. The van der Waals surface area contributed by atoms with Crippen LogP contribution in [0, 0.1) is 0 Å². The predicted molar refractivity (Wildman–Crippen MR) is 95.6 cm³/mol. The van der Waals surface area contributed by atoms with Gasteiger partial charge in [0.15, 0.2) is 0 Å². The van der Waals surface area contributed by atoms with E-state index in [0.29, 0.717) is 0 Å². The summed E-state index contributed by atoms with van der Waals surface area (Å²) in [6.07, 6.45) is 5.73. The zero-order chi connectivity index (χ0) is 16.5. The van der Waals surface area contributed by atoms with Crippen molar-refractivity contribution >= 4 is 11.5 Å². The average molecular weight is 318 g/mol. The Morgan fingerprint density at radius 3 is 2.42 bits per heavy atom. The number of pyridine rings is 1.